The van der Waals surface area contributed by atoms with Crippen LogP contribution in [0, 0.1) is 0 Å². The maximum atomic E-state index is 12.1. The molecule has 2 heterocycles. The van der Waals surface area contributed by atoms with Crippen LogP contribution in [0.25, 0.3) is 0 Å². The zero-order valence-corrected chi connectivity index (χ0v) is 13.1. The van der Waals surface area contributed by atoms with Gasteiger partial charge in [-0.25, -0.2) is 13.1 Å². The summed E-state index contributed by atoms with van der Waals surface area (Å²) in [5, 5.41) is 9.06. The maximum absolute atomic E-state index is 12.1. The van der Waals surface area contributed by atoms with Crippen molar-refractivity contribution in [2.45, 2.75) is 17.2 Å². The molecule has 0 aliphatic rings. The molecule has 2 N–H and O–H groups in total. The van der Waals surface area contributed by atoms with Gasteiger partial charge in [0.2, 0.25) is 10.0 Å². The molecule has 20 heavy (non-hydrogen) atoms. The number of sulfonamides is 1. The number of rotatable bonds is 7. The van der Waals surface area contributed by atoms with Crippen molar-refractivity contribution in [3.63, 3.8) is 0 Å². The van der Waals surface area contributed by atoms with Crippen LogP contribution in [0.5, 0.6) is 0 Å². The molecular formula is C12H18N4O2S2. The van der Waals surface area contributed by atoms with Crippen LogP contribution >= 0.6 is 11.3 Å². The average molecular weight is 314 g/mol. The van der Waals surface area contributed by atoms with Gasteiger partial charge in [0, 0.05) is 32.8 Å². The quantitative estimate of drug-likeness (QED) is 0.790. The van der Waals surface area contributed by atoms with E-state index in [-0.39, 0.29) is 0 Å². The van der Waals surface area contributed by atoms with E-state index in [0.717, 1.165) is 11.3 Å². The van der Waals surface area contributed by atoms with Gasteiger partial charge in [0.05, 0.1) is 5.69 Å². The van der Waals surface area contributed by atoms with Crippen molar-refractivity contribution in [1.82, 2.24) is 19.8 Å². The number of hydrogen-bond acceptors (Lipinski definition) is 5. The van der Waals surface area contributed by atoms with Crippen LogP contribution in [0.15, 0.2) is 27.9 Å². The van der Waals surface area contributed by atoms with Gasteiger partial charge in [0.15, 0.2) is 0 Å². The first-order chi connectivity index (χ1) is 9.51. The van der Waals surface area contributed by atoms with Gasteiger partial charge < -0.3 is 5.32 Å². The second-order valence-corrected chi connectivity index (χ2v) is 7.34. The van der Waals surface area contributed by atoms with Gasteiger partial charge in [-0.1, -0.05) is 0 Å². The second-order valence-electron chi connectivity index (χ2n) is 4.43. The molecule has 2 rings (SSSR count). The summed E-state index contributed by atoms with van der Waals surface area (Å²) >= 11 is 1.24. The van der Waals surface area contributed by atoms with Crippen molar-refractivity contribution in [3.8, 4) is 0 Å². The lowest BCUT2D eigenvalue weighted by molar-refractivity contribution is 0.583. The standard InChI is InChI=1S/C12H18N4O2S2/c1-13-8-10-7-12(19-9-10)20(17,18)14-5-3-11-4-6-16(2)15-11/h4,6-7,9,13-14H,3,5,8H2,1-2H3. The van der Waals surface area contributed by atoms with Crippen molar-refractivity contribution in [2.75, 3.05) is 13.6 Å². The first kappa shape index (κ1) is 15.2. The van der Waals surface area contributed by atoms with E-state index in [4.69, 9.17) is 0 Å². The van der Waals surface area contributed by atoms with E-state index in [1.54, 1.807) is 10.7 Å². The largest absolute Gasteiger partial charge is 0.316 e. The highest BCUT2D eigenvalue weighted by Crippen LogP contribution is 2.19. The Hall–Kier alpha value is -1.22. The summed E-state index contributed by atoms with van der Waals surface area (Å²) in [6.07, 6.45) is 2.42. The SMILES string of the molecule is CNCc1csc(S(=O)(=O)NCCc2ccn(C)n2)c1. The fraction of sp³-hybridized carbons (Fsp3) is 0.417. The molecule has 0 bridgehead atoms. The first-order valence-electron chi connectivity index (χ1n) is 6.21. The number of aromatic nitrogens is 2. The van der Waals surface area contributed by atoms with Crippen LogP contribution in [0.1, 0.15) is 11.3 Å². The predicted octanol–water partition coefficient (Wildman–Crippen LogP) is 0.722. The van der Waals surface area contributed by atoms with Crippen molar-refractivity contribution in [2.24, 2.45) is 7.05 Å². The molecule has 0 saturated heterocycles. The van der Waals surface area contributed by atoms with E-state index in [2.05, 4.69) is 15.1 Å². The average Bonchev–Trinajstić information content (AvgIpc) is 2.99. The fourth-order valence-corrected chi connectivity index (χ4v) is 4.06. The van der Waals surface area contributed by atoms with Gasteiger partial charge in [-0.2, -0.15) is 5.10 Å². The smallest absolute Gasteiger partial charge is 0.250 e. The third kappa shape index (κ3) is 3.89. The second kappa shape index (κ2) is 6.49. The van der Waals surface area contributed by atoms with Crippen LogP contribution in [-0.4, -0.2) is 31.8 Å². The van der Waals surface area contributed by atoms with Gasteiger partial charge >= 0.3 is 0 Å². The summed E-state index contributed by atoms with van der Waals surface area (Å²) in [6, 6.07) is 3.58. The molecule has 2 aromatic heterocycles. The first-order valence-corrected chi connectivity index (χ1v) is 8.58. The van der Waals surface area contributed by atoms with Gasteiger partial charge in [-0.15, -0.1) is 11.3 Å². The maximum Gasteiger partial charge on any atom is 0.250 e. The third-order valence-corrected chi connectivity index (χ3v) is 5.67. The Bertz CT molecular complexity index is 661. The highest BCUT2D eigenvalue weighted by molar-refractivity contribution is 7.91. The number of hydrogen-bond donors (Lipinski definition) is 2. The molecule has 6 nitrogen and oxygen atoms in total. The topological polar surface area (TPSA) is 76.0 Å². The van der Waals surface area contributed by atoms with Crippen LogP contribution in [0.4, 0.5) is 0 Å². The minimum absolute atomic E-state index is 0.346. The Labute approximate surface area is 122 Å². The highest BCUT2D eigenvalue weighted by Gasteiger charge is 2.16. The Morgan fingerprint density at radius 3 is 2.90 bits per heavy atom. The number of nitrogens with zero attached hydrogens (tertiary/aromatic N) is 2. The van der Waals surface area contributed by atoms with Gasteiger partial charge in [-0.3, -0.25) is 4.68 Å². The van der Waals surface area contributed by atoms with E-state index in [9.17, 15) is 8.42 Å². The molecule has 0 amide bonds. The summed E-state index contributed by atoms with van der Waals surface area (Å²) in [7, 11) is 0.251. The molecule has 0 atom stereocenters. The van der Waals surface area contributed by atoms with Crippen molar-refractivity contribution < 1.29 is 8.42 Å². The zero-order chi connectivity index (χ0) is 14.6. The molecule has 0 aliphatic carbocycles. The molecule has 8 heteroatoms. The number of thiophene rings is 1. The third-order valence-electron chi connectivity index (χ3n) is 2.72. The summed E-state index contributed by atoms with van der Waals surface area (Å²) in [4.78, 5) is 0. The molecule has 0 aromatic carbocycles. The van der Waals surface area contributed by atoms with E-state index in [1.165, 1.54) is 11.3 Å². The summed E-state index contributed by atoms with van der Waals surface area (Å²) < 4.78 is 28.9. The van der Waals surface area contributed by atoms with Gasteiger partial charge in [0.25, 0.3) is 0 Å². The zero-order valence-electron chi connectivity index (χ0n) is 11.5. The minimum Gasteiger partial charge on any atom is -0.316 e. The van der Waals surface area contributed by atoms with Crippen LogP contribution in [0.2, 0.25) is 0 Å². The molecule has 110 valence electrons. The molecule has 0 fully saturated rings. The van der Waals surface area contributed by atoms with E-state index < -0.39 is 10.0 Å². The molecule has 0 unspecified atom stereocenters. The predicted molar refractivity (Wildman–Crippen MR) is 79.2 cm³/mol. The Balaban J connectivity index is 1.92. The van der Waals surface area contributed by atoms with Crippen molar-refractivity contribution in [1.29, 1.82) is 0 Å². The van der Waals surface area contributed by atoms with Crippen molar-refractivity contribution >= 4 is 21.4 Å². The number of aryl methyl sites for hydroxylation is 1. The molecule has 0 aliphatic heterocycles. The van der Waals surface area contributed by atoms with E-state index >= 15 is 0 Å². The molecule has 0 spiro atoms. The molecular weight excluding hydrogens is 296 g/mol. The van der Waals surface area contributed by atoms with E-state index in [0.29, 0.717) is 23.7 Å². The fourth-order valence-electron chi connectivity index (χ4n) is 1.77. The van der Waals surface area contributed by atoms with Crippen LogP contribution in [0.3, 0.4) is 0 Å². The minimum atomic E-state index is -3.41. The van der Waals surface area contributed by atoms with Gasteiger partial charge in [0.1, 0.15) is 4.21 Å². The Morgan fingerprint density at radius 2 is 2.25 bits per heavy atom. The Kier molecular flexibility index (Phi) is 4.92. The molecule has 0 radical (unpaired) electrons. The Morgan fingerprint density at radius 1 is 1.45 bits per heavy atom. The molecule has 0 saturated carbocycles. The molecule has 2 aromatic rings. The lowest BCUT2D eigenvalue weighted by Crippen LogP contribution is -2.25. The van der Waals surface area contributed by atoms with Crippen LogP contribution < -0.4 is 10.0 Å². The van der Waals surface area contributed by atoms with Crippen LogP contribution in [-0.2, 0) is 30.0 Å². The van der Waals surface area contributed by atoms with Gasteiger partial charge in [-0.05, 0) is 30.1 Å². The monoisotopic (exact) mass is 314 g/mol. The summed E-state index contributed by atoms with van der Waals surface area (Å²) in [5.74, 6) is 0. The lowest BCUT2D eigenvalue weighted by atomic mass is 10.3. The lowest BCUT2D eigenvalue weighted by Gasteiger charge is -2.03. The normalized spacial score (nSPS) is 11.9. The summed E-state index contributed by atoms with van der Waals surface area (Å²) in [5.41, 5.74) is 1.85. The van der Waals surface area contributed by atoms with Crippen molar-refractivity contribution in [3.05, 3.63) is 35.0 Å². The highest BCUT2D eigenvalue weighted by atomic mass is 32.2. The summed E-state index contributed by atoms with van der Waals surface area (Å²) in [6.45, 7) is 1.01. The van der Waals surface area contributed by atoms with E-state index in [1.807, 2.05) is 31.7 Å². The number of nitrogens with one attached hydrogen (secondary N) is 2.